The second-order valence-electron chi connectivity index (χ2n) is 8.39. The first-order valence-corrected chi connectivity index (χ1v) is 11.4. The summed E-state index contributed by atoms with van der Waals surface area (Å²) < 4.78 is 0. The third-order valence-corrected chi connectivity index (χ3v) is 6.64. The number of para-hydroxylation sites is 1. The zero-order valence-electron chi connectivity index (χ0n) is 17.8. The van der Waals surface area contributed by atoms with Crippen molar-refractivity contribution in [3.05, 3.63) is 64.2 Å². The van der Waals surface area contributed by atoms with Gasteiger partial charge in [-0.1, -0.05) is 41.9 Å². The summed E-state index contributed by atoms with van der Waals surface area (Å²) in [4.78, 5) is 28.5. The first kappa shape index (κ1) is 22.6. The summed E-state index contributed by atoms with van der Waals surface area (Å²) in [6, 6.07) is 12.1. The maximum atomic E-state index is 13.0. The van der Waals surface area contributed by atoms with Gasteiger partial charge in [-0.25, -0.2) is 4.79 Å². The fourth-order valence-electron chi connectivity index (χ4n) is 4.55. The van der Waals surface area contributed by atoms with Gasteiger partial charge in [-0.3, -0.25) is 9.69 Å². The highest BCUT2D eigenvalue weighted by Gasteiger charge is 2.32. The Hall–Kier alpha value is -2.61. The highest BCUT2D eigenvalue weighted by molar-refractivity contribution is 6.33. The third-order valence-electron chi connectivity index (χ3n) is 6.33. The smallest absolute Gasteiger partial charge is 0.336 e. The van der Waals surface area contributed by atoms with Crippen LogP contribution < -0.4 is 5.32 Å². The Balaban J connectivity index is 1.22. The van der Waals surface area contributed by atoms with Crippen molar-refractivity contribution in [3.8, 4) is 0 Å². The Morgan fingerprint density at radius 3 is 2.56 bits per heavy atom. The predicted molar refractivity (Wildman–Crippen MR) is 123 cm³/mol. The molecule has 0 spiro atoms. The Morgan fingerprint density at radius 2 is 1.84 bits per heavy atom. The van der Waals surface area contributed by atoms with E-state index < -0.39 is 12.1 Å². The Labute approximate surface area is 192 Å². The van der Waals surface area contributed by atoms with Gasteiger partial charge in [0.05, 0.1) is 22.4 Å². The number of piperazine rings is 1. The van der Waals surface area contributed by atoms with Gasteiger partial charge >= 0.3 is 5.97 Å². The van der Waals surface area contributed by atoms with Gasteiger partial charge in [-0.05, 0) is 42.6 Å². The van der Waals surface area contributed by atoms with E-state index >= 15 is 0 Å². The molecule has 1 fully saturated rings. The fraction of sp³-hybridized carbons (Fsp3) is 0.417. The van der Waals surface area contributed by atoms with Crippen LogP contribution in [0, 0.1) is 0 Å². The number of benzene rings is 2. The Morgan fingerprint density at radius 1 is 1.09 bits per heavy atom. The third kappa shape index (κ3) is 4.90. The normalized spacial score (nSPS) is 19.3. The van der Waals surface area contributed by atoms with Crippen molar-refractivity contribution < 1.29 is 19.8 Å². The number of rotatable bonds is 7. The van der Waals surface area contributed by atoms with Crippen molar-refractivity contribution in [2.75, 3.05) is 38.0 Å². The van der Waals surface area contributed by atoms with Crippen molar-refractivity contribution in [2.24, 2.45) is 0 Å². The first-order valence-electron chi connectivity index (χ1n) is 11.0. The van der Waals surface area contributed by atoms with E-state index in [1.165, 1.54) is 6.07 Å². The van der Waals surface area contributed by atoms with Crippen molar-refractivity contribution >= 4 is 29.2 Å². The number of aromatic carboxylic acids is 1. The van der Waals surface area contributed by atoms with E-state index in [9.17, 15) is 19.8 Å². The van der Waals surface area contributed by atoms with E-state index in [1.54, 1.807) is 18.2 Å². The number of anilines is 1. The van der Waals surface area contributed by atoms with Crippen molar-refractivity contribution in [3.63, 3.8) is 0 Å². The number of halogens is 1. The number of carbonyl (C=O) groups is 2. The number of carboxylic acid groups (broad SMARTS) is 1. The average molecular weight is 458 g/mol. The monoisotopic (exact) mass is 457 g/mol. The van der Waals surface area contributed by atoms with Crippen LogP contribution in [0.15, 0.2) is 42.5 Å². The van der Waals surface area contributed by atoms with Crippen LogP contribution in [0.3, 0.4) is 0 Å². The van der Waals surface area contributed by atoms with Crippen molar-refractivity contribution in [1.29, 1.82) is 0 Å². The molecule has 1 saturated heterocycles. The lowest BCUT2D eigenvalue weighted by molar-refractivity contribution is -0.133. The van der Waals surface area contributed by atoms with Crippen LogP contribution >= 0.6 is 11.6 Å². The summed E-state index contributed by atoms with van der Waals surface area (Å²) in [6.07, 6.45) is 1.10. The van der Waals surface area contributed by atoms with Gasteiger partial charge in [0.25, 0.3) is 0 Å². The number of carboxylic acids is 1. The van der Waals surface area contributed by atoms with Gasteiger partial charge in [0.2, 0.25) is 5.91 Å². The zero-order chi connectivity index (χ0) is 22.7. The van der Waals surface area contributed by atoms with Gasteiger partial charge in [-0.2, -0.15) is 0 Å². The molecule has 8 heteroatoms. The molecule has 2 unspecified atom stereocenters. The summed E-state index contributed by atoms with van der Waals surface area (Å²) in [5.74, 6) is -0.917. The second kappa shape index (κ2) is 9.90. The van der Waals surface area contributed by atoms with E-state index in [4.69, 9.17) is 11.6 Å². The van der Waals surface area contributed by atoms with E-state index in [0.717, 1.165) is 37.3 Å². The SMILES string of the molecule is O=C(O)c1ccccc1C(O)CCCN1CCN(C(=O)C2Cc3cccc(Cl)c3N2)CC1. The molecule has 0 saturated carbocycles. The van der Waals surface area contributed by atoms with Crippen LogP contribution in [0.5, 0.6) is 0 Å². The van der Waals surface area contributed by atoms with Gasteiger partial charge in [0.1, 0.15) is 6.04 Å². The number of hydrogen-bond donors (Lipinski definition) is 3. The molecule has 32 heavy (non-hydrogen) atoms. The molecule has 2 aromatic carbocycles. The molecular formula is C24H28ClN3O4. The lowest BCUT2D eigenvalue weighted by Gasteiger charge is -2.36. The maximum Gasteiger partial charge on any atom is 0.336 e. The molecule has 0 radical (unpaired) electrons. The summed E-state index contributed by atoms with van der Waals surface area (Å²) in [6.45, 7) is 3.72. The van der Waals surface area contributed by atoms with E-state index in [2.05, 4.69) is 10.2 Å². The van der Waals surface area contributed by atoms with Gasteiger partial charge in [0.15, 0.2) is 0 Å². The van der Waals surface area contributed by atoms with Gasteiger partial charge in [-0.15, -0.1) is 0 Å². The van der Waals surface area contributed by atoms with Gasteiger partial charge in [0, 0.05) is 32.6 Å². The first-order chi connectivity index (χ1) is 15.4. The van der Waals surface area contributed by atoms with E-state index in [1.807, 2.05) is 23.1 Å². The number of hydrogen-bond acceptors (Lipinski definition) is 5. The minimum atomic E-state index is -1.03. The highest BCUT2D eigenvalue weighted by atomic mass is 35.5. The number of aliphatic hydroxyl groups excluding tert-OH is 1. The van der Waals surface area contributed by atoms with E-state index in [-0.39, 0.29) is 17.5 Å². The molecule has 170 valence electrons. The summed E-state index contributed by atoms with van der Waals surface area (Å²) in [7, 11) is 0. The molecule has 2 heterocycles. The number of nitrogens with one attached hydrogen (secondary N) is 1. The minimum Gasteiger partial charge on any atom is -0.478 e. The molecular weight excluding hydrogens is 430 g/mol. The maximum absolute atomic E-state index is 13.0. The van der Waals surface area contributed by atoms with Crippen LogP contribution in [-0.4, -0.2) is 70.7 Å². The number of amides is 1. The summed E-state index contributed by atoms with van der Waals surface area (Å²) >= 11 is 6.24. The molecule has 4 rings (SSSR count). The molecule has 0 aromatic heterocycles. The van der Waals surface area contributed by atoms with Crippen LogP contribution in [0.2, 0.25) is 5.02 Å². The molecule has 2 atom stereocenters. The number of nitrogens with zero attached hydrogens (tertiary/aromatic N) is 2. The zero-order valence-corrected chi connectivity index (χ0v) is 18.6. The standard InChI is InChI=1S/C24H28ClN3O4/c25-19-8-3-5-16-15-20(26-22(16)19)23(30)28-13-11-27(12-14-28)10-4-9-21(29)17-6-1-2-7-18(17)24(31)32/h1-3,5-8,20-21,26,29H,4,9-15H2,(H,31,32). The quantitative estimate of drug-likeness (QED) is 0.591. The number of carbonyl (C=O) groups excluding carboxylic acids is 1. The lowest BCUT2D eigenvalue weighted by atomic mass is 9.99. The van der Waals surface area contributed by atoms with Crippen molar-refractivity contribution in [2.45, 2.75) is 31.4 Å². The van der Waals surface area contributed by atoms with Crippen LogP contribution in [0.1, 0.15) is 40.4 Å². The topological polar surface area (TPSA) is 93.1 Å². The molecule has 0 aliphatic carbocycles. The molecule has 2 aliphatic heterocycles. The van der Waals surface area contributed by atoms with E-state index in [0.29, 0.717) is 36.5 Å². The molecule has 2 aromatic rings. The molecule has 3 N–H and O–H groups in total. The Bertz CT molecular complexity index is 991. The van der Waals surface area contributed by atoms with Crippen LogP contribution in [0.4, 0.5) is 5.69 Å². The number of fused-ring (bicyclic) bond motifs is 1. The van der Waals surface area contributed by atoms with Crippen LogP contribution in [-0.2, 0) is 11.2 Å². The van der Waals surface area contributed by atoms with Gasteiger partial charge < -0.3 is 20.4 Å². The molecule has 7 nitrogen and oxygen atoms in total. The molecule has 1 amide bonds. The largest absolute Gasteiger partial charge is 0.478 e. The highest BCUT2D eigenvalue weighted by Crippen LogP contribution is 2.33. The van der Waals surface area contributed by atoms with Crippen molar-refractivity contribution in [1.82, 2.24) is 9.80 Å². The predicted octanol–water partition coefficient (Wildman–Crippen LogP) is 3.03. The lowest BCUT2D eigenvalue weighted by Crippen LogP contribution is -2.52. The second-order valence-corrected chi connectivity index (χ2v) is 8.80. The summed E-state index contributed by atoms with van der Waals surface area (Å²) in [5, 5.41) is 23.7. The Kier molecular flexibility index (Phi) is 6.98. The number of aliphatic hydroxyl groups is 1. The average Bonchev–Trinajstić information content (AvgIpc) is 3.25. The molecule has 2 aliphatic rings. The van der Waals surface area contributed by atoms with Crippen LogP contribution in [0.25, 0.3) is 0 Å². The minimum absolute atomic E-state index is 0.109. The summed E-state index contributed by atoms with van der Waals surface area (Å²) in [5.41, 5.74) is 2.56. The molecule has 0 bridgehead atoms. The fourth-order valence-corrected chi connectivity index (χ4v) is 4.80.